The molecule has 2 N–H and O–H groups in total. The first-order valence-electron chi connectivity index (χ1n) is 5.57. The fraction of sp³-hybridized carbons (Fsp3) is 0.333. The molecule has 0 fully saturated rings. The fourth-order valence-electron chi connectivity index (χ4n) is 1.77. The van der Waals surface area contributed by atoms with E-state index in [1.54, 1.807) is 31.8 Å². The Labute approximate surface area is 100 Å². The van der Waals surface area contributed by atoms with Crippen molar-refractivity contribution >= 4 is 5.69 Å². The minimum Gasteiger partial charge on any atom is -0.493 e. The van der Waals surface area contributed by atoms with Crippen LogP contribution in [0.1, 0.15) is 13.3 Å². The minimum atomic E-state index is 0.677. The van der Waals surface area contributed by atoms with Gasteiger partial charge in [0, 0.05) is 30.2 Å². The van der Waals surface area contributed by atoms with Crippen molar-refractivity contribution < 1.29 is 4.74 Å². The molecule has 0 amide bonds. The van der Waals surface area contributed by atoms with Crippen molar-refractivity contribution in [2.45, 2.75) is 19.9 Å². The monoisotopic (exact) mass is 232 g/mol. The van der Waals surface area contributed by atoms with Crippen LogP contribution >= 0.6 is 0 Å². The highest BCUT2D eigenvalue weighted by atomic mass is 16.5. The van der Waals surface area contributed by atoms with Crippen LogP contribution in [0.4, 0.5) is 5.69 Å². The summed E-state index contributed by atoms with van der Waals surface area (Å²) in [7, 11) is 1.63. The lowest BCUT2D eigenvalue weighted by molar-refractivity contribution is 0.415. The molecule has 0 aliphatic heterocycles. The third-order valence-electron chi connectivity index (χ3n) is 2.57. The molecule has 0 aromatic carbocycles. The van der Waals surface area contributed by atoms with Gasteiger partial charge in [-0.25, -0.2) is 0 Å². The number of hydrogen-bond donors (Lipinski definition) is 1. The molecule has 2 aromatic heterocycles. The maximum Gasteiger partial charge on any atom is 0.164 e. The average Bonchev–Trinajstić information content (AvgIpc) is 2.73. The van der Waals surface area contributed by atoms with Crippen LogP contribution in [0.25, 0.3) is 11.3 Å². The van der Waals surface area contributed by atoms with E-state index >= 15 is 0 Å². The van der Waals surface area contributed by atoms with Gasteiger partial charge in [-0.15, -0.1) is 0 Å². The molecule has 90 valence electrons. The largest absolute Gasteiger partial charge is 0.493 e. The Morgan fingerprint density at radius 1 is 1.41 bits per heavy atom. The molecule has 5 heteroatoms. The lowest BCUT2D eigenvalue weighted by Gasteiger charge is -2.09. The average molecular weight is 232 g/mol. The Morgan fingerprint density at radius 2 is 2.24 bits per heavy atom. The van der Waals surface area contributed by atoms with Gasteiger partial charge in [-0.3, -0.25) is 9.67 Å². The minimum absolute atomic E-state index is 0.677. The highest BCUT2D eigenvalue weighted by Gasteiger charge is 2.15. The molecular formula is C12H16N4O. The molecule has 0 bridgehead atoms. The topological polar surface area (TPSA) is 66.0 Å². The van der Waals surface area contributed by atoms with E-state index in [1.807, 2.05) is 4.68 Å². The number of nitrogen functional groups attached to an aromatic ring is 1. The highest BCUT2D eigenvalue weighted by Crippen LogP contribution is 2.32. The zero-order valence-electron chi connectivity index (χ0n) is 10.1. The van der Waals surface area contributed by atoms with Gasteiger partial charge in [0.15, 0.2) is 5.75 Å². The molecule has 0 aliphatic carbocycles. The second kappa shape index (κ2) is 4.86. The van der Waals surface area contributed by atoms with Gasteiger partial charge in [-0.05, 0) is 12.5 Å². The summed E-state index contributed by atoms with van der Waals surface area (Å²) in [4.78, 5) is 4.10. The predicted octanol–water partition coefficient (Wildman–Crippen LogP) is 1.95. The maximum absolute atomic E-state index is 5.96. The van der Waals surface area contributed by atoms with Gasteiger partial charge in [0.1, 0.15) is 5.69 Å². The highest BCUT2D eigenvalue weighted by molar-refractivity contribution is 5.76. The summed E-state index contributed by atoms with van der Waals surface area (Å²) in [6.07, 6.45) is 6.11. The molecule has 17 heavy (non-hydrogen) atoms. The van der Waals surface area contributed by atoms with Crippen molar-refractivity contribution in [3.05, 3.63) is 24.7 Å². The Balaban J connectivity index is 2.56. The molecule has 0 spiro atoms. The Morgan fingerprint density at radius 3 is 2.88 bits per heavy atom. The van der Waals surface area contributed by atoms with Crippen LogP contribution < -0.4 is 10.5 Å². The third-order valence-corrected chi connectivity index (χ3v) is 2.57. The summed E-state index contributed by atoms with van der Waals surface area (Å²) in [5.74, 6) is 0.721. The summed E-state index contributed by atoms with van der Waals surface area (Å²) >= 11 is 0. The number of anilines is 1. The van der Waals surface area contributed by atoms with Gasteiger partial charge < -0.3 is 10.5 Å². The zero-order valence-corrected chi connectivity index (χ0v) is 10.1. The molecule has 0 saturated carbocycles. The number of nitrogens with zero attached hydrogens (tertiary/aromatic N) is 3. The smallest absolute Gasteiger partial charge is 0.164 e. The zero-order chi connectivity index (χ0) is 12.3. The van der Waals surface area contributed by atoms with Crippen LogP contribution in [-0.4, -0.2) is 21.9 Å². The molecular weight excluding hydrogens is 216 g/mol. The fourth-order valence-corrected chi connectivity index (χ4v) is 1.77. The number of ether oxygens (including phenoxy) is 1. The van der Waals surface area contributed by atoms with Crippen molar-refractivity contribution in [2.75, 3.05) is 12.8 Å². The number of nitrogens with two attached hydrogens (primary N) is 1. The number of aromatic nitrogens is 3. The number of aryl methyl sites for hydroxylation is 1. The normalized spacial score (nSPS) is 10.5. The Hall–Kier alpha value is -2.04. The van der Waals surface area contributed by atoms with E-state index in [9.17, 15) is 0 Å². The van der Waals surface area contributed by atoms with E-state index in [2.05, 4.69) is 17.0 Å². The van der Waals surface area contributed by atoms with Crippen LogP contribution in [-0.2, 0) is 6.54 Å². The van der Waals surface area contributed by atoms with E-state index in [1.165, 1.54) is 0 Å². The van der Waals surface area contributed by atoms with Gasteiger partial charge in [0.2, 0.25) is 0 Å². The summed E-state index contributed by atoms with van der Waals surface area (Å²) in [5.41, 5.74) is 8.39. The standard InChI is InChI=1S/C12H16N4O/c1-3-6-16-12(11(17-2)8-15-16)9-7-14-5-4-10(9)13/h4-5,7-8H,3,6H2,1-2H3,(H2,13,14). The first kappa shape index (κ1) is 11.4. The third kappa shape index (κ3) is 2.08. The van der Waals surface area contributed by atoms with Gasteiger partial charge >= 0.3 is 0 Å². The number of rotatable bonds is 4. The van der Waals surface area contributed by atoms with Crippen molar-refractivity contribution in [3.63, 3.8) is 0 Å². The van der Waals surface area contributed by atoms with Crippen LogP contribution in [0, 0.1) is 0 Å². The van der Waals surface area contributed by atoms with E-state index in [-0.39, 0.29) is 0 Å². The van der Waals surface area contributed by atoms with Crippen molar-refractivity contribution in [3.8, 4) is 17.0 Å². The van der Waals surface area contributed by atoms with Crippen LogP contribution in [0.15, 0.2) is 24.7 Å². The van der Waals surface area contributed by atoms with E-state index in [0.29, 0.717) is 5.69 Å². The lowest BCUT2D eigenvalue weighted by Crippen LogP contribution is -2.03. The van der Waals surface area contributed by atoms with E-state index in [4.69, 9.17) is 10.5 Å². The van der Waals surface area contributed by atoms with Crippen LogP contribution in [0.5, 0.6) is 5.75 Å². The molecule has 5 nitrogen and oxygen atoms in total. The van der Waals surface area contributed by atoms with Gasteiger partial charge in [-0.2, -0.15) is 5.10 Å². The van der Waals surface area contributed by atoms with Crippen molar-refractivity contribution in [1.82, 2.24) is 14.8 Å². The SMILES string of the molecule is CCCn1ncc(OC)c1-c1cnccc1N. The first-order valence-corrected chi connectivity index (χ1v) is 5.57. The molecule has 0 saturated heterocycles. The van der Waals surface area contributed by atoms with Crippen LogP contribution in [0.2, 0.25) is 0 Å². The molecule has 0 radical (unpaired) electrons. The molecule has 0 atom stereocenters. The second-order valence-corrected chi connectivity index (χ2v) is 3.75. The van der Waals surface area contributed by atoms with Gasteiger partial charge in [-0.1, -0.05) is 6.92 Å². The summed E-state index contributed by atoms with van der Waals surface area (Å²) in [6, 6.07) is 1.78. The molecule has 0 unspecified atom stereocenters. The van der Waals surface area contributed by atoms with Crippen molar-refractivity contribution in [1.29, 1.82) is 0 Å². The molecule has 0 aliphatic rings. The second-order valence-electron chi connectivity index (χ2n) is 3.75. The summed E-state index contributed by atoms with van der Waals surface area (Å²) < 4.78 is 7.21. The molecule has 2 heterocycles. The molecule has 2 rings (SSSR count). The van der Waals surface area contributed by atoms with E-state index in [0.717, 1.165) is 30.0 Å². The first-order chi connectivity index (χ1) is 8.27. The van der Waals surface area contributed by atoms with Crippen LogP contribution in [0.3, 0.4) is 0 Å². The quantitative estimate of drug-likeness (QED) is 0.874. The van der Waals surface area contributed by atoms with Gasteiger partial charge in [0.05, 0.1) is 13.3 Å². The number of pyridine rings is 1. The number of methoxy groups -OCH3 is 1. The Kier molecular flexibility index (Phi) is 3.27. The van der Waals surface area contributed by atoms with Crippen molar-refractivity contribution in [2.24, 2.45) is 0 Å². The lowest BCUT2D eigenvalue weighted by atomic mass is 10.1. The molecule has 2 aromatic rings. The maximum atomic E-state index is 5.96. The predicted molar refractivity (Wildman–Crippen MR) is 66.7 cm³/mol. The summed E-state index contributed by atoms with van der Waals surface area (Å²) in [6.45, 7) is 2.93. The van der Waals surface area contributed by atoms with Gasteiger partial charge in [0.25, 0.3) is 0 Å². The number of hydrogen-bond acceptors (Lipinski definition) is 4. The summed E-state index contributed by atoms with van der Waals surface area (Å²) in [5, 5.41) is 4.30. The van der Waals surface area contributed by atoms with E-state index < -0.39 is 0 Å². The Bertz CT molecular complexity index is 507.